The molecular weight excluding hydrogens is 346 g/mol. The standard InChI is InChI=1S/C19H25N5O3/c1-12-7-14(22-21-12)10-20-18(25)9-15-11-27-17-6-5-13(19(26)23(2)3)8-16(17)24(15)4/h5-8,15H,9-11H2,1-4H3,(H,20,25)(H,21,22). The molecule has 0 aliphatic carbocycles. The lowest BCUT2D eigenvalue weighted by atomic mass is 10.1. The number of aromatic nitrogens is 2. The van der Waals surface area contributed by atoms with Crippen molar-refractivity contribution < 1.29 is 14.3 Å². The van der Waals surface area contributed by atoms with Crippen molar-refractivity contribution in [3.05, 3.63) is 41.2 Å². The Labute approximate surface area is 158 Å². The lowest BCUT2D eigenvalue weighted by molar-refractivity contribution is -0.121. The Bertz CT molecular complexity index is 846. The first-order chi connectivity index (χ1) is 12.8. The smallest absolute Gasteiger partial charge is 0.253 e. The monoisotopic (exact) mass is 371 g/mol. The molecule has 0 fully saturated rings. The fraction of sp³-hybridized carbons (Fsp3) is 0.421. The van der Waals surface area contributed by atoms with Crippen molar-refractivity contribution in [2.45, 2.75) is 25.9 Å². The van der Waals surface area contributed by atoms with Gasteiger partial charge in [-0.05, 0) is 31.2 Å². The topological polar surface area (TPSA) is 90.6 Å². The van der Waals surface area contributed by atoms with Gasteiger partial charge in [-0.3, -0.25) is 14.7 Å². The summed E-state index contributed by atoms with van der Waals surface area (Å²) in [6, 6.07) is 7.17. The zero-order valence-electron chi connectivity index (χ0n) is 16.1. The van der Waals surface area contributed by atoms with Gasteiger partial charge in [0.15, 0.2) is 0 Å². The molecule has 0 saturated heterocycles. The lowest BCUT2D eigenvalue weighted by Gasteiger charge is -2.35. The van der Waals surface area contributed by atoms with Crippen molar-refractivity contribution in [1.29, 1.82) is 0 Å². The Morgan fingerprint density at radius 3 is 2.81 bits per heavy atom. The van der Waals surface area contributed by atoms with Gasteiger partial charge in [0.1, 0.15) is 12.4 Å². The number of fused-ring (bicyclic) bond motifs is 1. The second-order valence-electron chi connectivity index (χ2n) is 6.98. The molecule has 1 aromatic carbocycles. The molecule has 2 amide bonds. The summed E-state index contributed by atoms with van der Waals surface area (Å²) in [5.41, 5.74) is 3.16. The van der Waals surface area contributed by atoms with E-state index in [1.165, 1.54) is 4.90 Å². The summed E-state index contributed by atoms with van der Waals surface area (Å²) in [7, 11) is 5.35. The van der Waals surface area contributed by atoms with E-state index in [4.69, 9.17) is 4.74 Å². The first-order valence-corrected chi connectivity index (χ1v) is 8.84. The van der Waals surface area contributed by atoms with Crippen LogP contribution in [0.15, 0.2) is 24.3 Å². The first kappa shape index (κ1) is 18.8. The molecule has 27 heavy (non-hydrogen) atoms. The Hall–Kier alpha value is -3.03. The average molecular weight is 371 g/mol. The molecule has 3 rings (SSSR count). The summed E-state index contributed by atoms with van der Waals surface area (Å²) in [5.74, 6) is 0.580. The maximum atomic E-state index is 12.3. The van der Waals surface area contributed by atoms with E-state index in [9.17, 15) is 9.59 Å². The SMILES string of the molecule is Cc1cc(CNC(=O)CC2COc3ccc(C(=O)N(C)C)cc3N2C)n[nH]1. The van der Waals surface area contributed by atoms with Gasteiger partial charge in [-0.25, -0.2) is 0 Å². The number of hydrogen-bond acceptors (Lipinski definition) is 5. The van der Waals surface area contributed by atoms with Crippen LogP contribution in [0.5, 0.6) is 5.75 Å². The summed E-state index contributed by atoms with van der Waals surface area (Å²) in [6.07, 6.45) is 0.297. The van der Waals surface area contributed by atoms with Gasteiger partial charge in [0, 0.05) is 32.4 Å². The molecule has 0 radical (unpaired) electrons. The fourth-order valence-corrected chi connectivity index (χ4v) is 3.04. The maximum Gasteiger partial charge on any atom is 0.253 e. The van der Waals surface area contributed by atoms with Crippen LogP contribution in [0.3, 0.4) is 0 Å². The molecule has 1 aliphatic rings. The Balaban J connectivity index is 1.64. The minimum Gasteiger partial charge on any atom is -0.489 e. The van der Waals surface area contributed by atoms with Crippen LogP contribution in [-0.4, -0.2) is 60.7 Å². The summed E-state index contributed by atoms with van der Waals surface area (Å²) in [4.78, 5) is 28.1. The van der Waals surface area contributed by atoms with E-state index in [0.717, 1.165) is 22.8 Å². The molecule has 2 N–H and O–H groups in total. The van der Waals surface area contributed by atoms with Crippen LogP contribution in [0.1, 0.15) is 28.2 Å². The van der Waals surface area contributed by atoms with Gasteiger partial charge in [-0.1, -0.05) is 0 Å². The Kier molecular flexibility index (Phi) is 5.34. The number of H-pyrrole nitrogens is 1. The molecule has 1 aromatic heterocycles. The predicted octanol–water partition coefficient (Wildman–Crippen LogP) is 1.32. The van der Waals surface area contributed by atoms with Crippen molar-refractivity contribution in [1.82, 2.24) is 20.4 Å². The number of carbonyl (C=O) groups is 2. The largest absolute Gasteiger partial charge is 0.489 e. The van der Waals surface area contributed by atoms with Crippen LogP contribution in [0, 0.1) is 6.92 Å². The van der Waals surface area contributed by atoms with Crippen LogP contribution < -0.4 is 15.0 Å². The van der Waals surface area contributed by atoms with E-state index < -0.39 is 0 Å². The van der Waals surface area contributed by atoms with E-state index in [-0.39, 0.29) is 17.9 Å². The number of nitrogens with zero attached hydrogens (tertiary/aromatic N) is 3. The molecule has 0 spiro atoms. The molecule has 0 bridgehead atoms. The molecule has 1 aliphatic heterocycles. The van der Waals surface area contributed by atoms with Crippen molar-refractivity contribution in [2.75, 3.05) is 32.6 Å². The minimum absolute atomic E-state index is 0.0691. The second kappa shape index (κ2) is 7.69. The number of amides is 2. The first-order valence-electron chi connectivity index (χ1n) is 8.84. The summed E-state index contributed by atoms with van der Waals surface area (Å²) in [5, 5.41) is 9.85. The highest BCUT2D eigenvalue weighted by atomic mass is 16.5. The van der Waals surface area contributed by atoms with Crippen LogP contribution in [-0.2, 0) is 11.3 Å². The van der Waals surface area contributed by atoms with E-state index in [1.54, 1.807) is 26.2 Å². The van der Waals surface area contributed by atoms with Crippen LogP contribution >= 0.6 is 0 Å². The summed E-state index contributed by atoms with van der Waals surface area (Å²) in [6.45, 7) is 2.72. The molecule has 1 atom stereocenters. The highest BCUT2D eigenvalue weighted by Crippen LogP contribution is 2.34. The van der Waals surface area contributed by atoms with Crippen molar-refractivity contribution in [2.24, 2.45) is 0 Å². The molecular formula is C19H25N5O3. The van der Waals surface area contributed by atoms with E-state index in [1.807, 2.05) is 31.0 Å². The van der Waals surface area contributed by atoms with Gasteiger partial charge in [0.25, 0.3) is 5.91 Å². The normalized spacial score (nSPS) is 15.7. The third-order valence-electron chi connectivity index (χ3n) is 4.62. The maximum absolute atomic E-state index is 12.3. The van der Waals surface area contributed by atoms with E-state index >= 15 is 0 Å². The number of nitrogens with one attached hydrogen (secondary N) is 2. The molecule has 2 aromatic rings. The van der Waals surface area contributed by atoms with Gasteiger partial charge >= 0.3 is 0 Å². The fourth-order valence-electron chi connectivity index (χ4n) is 3.04. The minimum atomic E-state index is -0.108. The lowest BCUT2D eigenvalue weighted by Crippen LogP contribution is -2.43. The molecule has 2 heterocycles. The third-order valence-corrected chi connectivity index (χ3v) is 4.62. The van der Waals surface area contributed by atoms with Gasteiger partial charge in [0.05, 0.1) is 30.4 Å². The number of benzene rings is 1. The number of carbonyl (C=O) groups excluding carboxylic acids is 2. The number of rotatable bonds is 5. The molecule has 1 unspecified atom stereocenters. The quantitative estimate of drug-likeness (QED) is 0.827. The molecule has 144 valence electrons. The number of ether oxygens (including phenoxy) is 1. The van der Waals surface area contributed by atoms with Crippen LogP contribution in [0.25, 0.3) is 0 Å². The Morgan fingerprint density at radius 2 is 2.15 bits per heavy atom. The van der Waals surface area contributed by atoms with Gasteiger partial charge in [-0.2, -0.15) is 5.10 Å². The second-order valence-corrected chi connectivity index (χ2v) is 6.98. The molecule has 0 saturated carbocycles. The molecule has 8 nitrogen and oxygen atoms in total. The van der Waals surface area contributed by atoms with Gasteiger partial charge in [-0.15, -0.1) is 0 Å². The third kappa shape index (κ3) is 4.21. The van der Waals surface area contributed by atoms with Crippen LogP contribution in [0.2, 0.25) is 0 Å². The Morgan fingerprint density at radius 1 is 1.37 bits per heavy atom. The zero-order valence-corrected chi connectivity index (χ0v) is 16.1. The number of likely N-dealkylation sites (N-methyl/N-ethyl adjacent to an activating group) is 1. The highest BCUT2D eigenvalue weighted by molar-refractivity contribution is 5.95. The molecule has 8 heteroatoms. The van der Waals surface area contributed by atoms with Crippen molar-refractivity contribution >= 4 is 17.5 Å². The van der Waals surface area contributed by atoms with Gasteiger partial charge < -0.3 is 19.9 Å². The van der Waals surface area contributed by atoms with Crippen molar-refractivity contribution in [3.63, 3.8) is 0 Å². The average Bonchev–Trinajstić information content (AvgIpc) is 3.07. The summed E-state index contributed by atoms with van der Waals surface area (Å²) >= 11 is 0. The zero-order chi connectivity index (χ0) is 19.6. The van der Waals surface area contributed by atoms with Gasteiger partial charge in [0.2, 0.25) is 5.91 Å². The number of aryl methyl sites for hydroxylation is 1. The highest BCUT2D eigenvalue weighted by Gasteiger charge is 2.27. The van der Waals surface area contributed by atoms with Crippen LogP contribution in [0.4, 0.5) is 5.69 Å². The number of aromatic amines is 1. The van der Waals surface area contributed by atoms with E-state index in [0.29, 0.717) is 25.1 Å². The summed E-state index contributed by atoms with van der Waals surface area (Å²) < 4.78 is 5.80. The number of anilines is 1. The predicted molar refractivity (Wildman–Crippen MR) is 102 cm³/mol. The number of hydrogen-bond donors (Lipinski definition) is 2. The van der Waals surface area contributed by atoms with Crippen molar-refractivity contribution in [3.8, 4) is 5.75 Å². The van der Waals surface area contributed by atoms with E-state index in [2.05, 4.69) is 15.5 Å².